The fraction of sp³-hybridized carbons (Fsp3) is 0.750. The Balaban J connectivity index is 1.71. The van der Waals surface area contributed by atoms with E-state index in [1.54, 1.807) is 0 Å². The van der Waals surface area contributed by atoms with Crippen molar-refractivity contribution < 1.29 is 9.32 Å². The molecule has 1 aromatic heterocycles. The van der Waals surface area contributed by atoms with Crippen LogP contribution in [0.1, 0.15) is 43.9 Å². The summed E-state index contributed by atoms with van der Waals surface area (Å²) in [6.07, 6.45) is 4.95. The first kappa shape index (κ1) is 15.8. The minimum absolute atomic E-state index is 0.152. The van der Waals surface area contributed by atoms with Crippen LogP contribution in [0.15, 0.2) is 4.52 Å². The van der Waals surface area contributed by atoms with Gasteiger partial charge >= 0.3 is 0 Å². The summed E-state index contributed by atoms with van der Waals surface area (Å²) in [5, 5.41) is 4.08. The van der Waals surface area contributed by atoms with E-state index in [0.717, 1.165) is 38.0 Å². The highest BCUT2D eigenvalue weighted by atomic mass is 35.5. The molecule has 22 heavy (non-hydrogen) atoms. The first-order valence-electron chi connectivity index (χ1n) is 8.26. The number of hydrogen-bond acceptors (Lipinski definition) is 4. The van der Waals surface area contributed by atoms with Crippen LogP contribution in [0.2, 0.25) is 5.22 Å². The topological polar surface area (TPSA) is 49.6 Å². The molecule has 122 valence electrons. The van der Waals surface area contributed by atoms with E-state index in [9.17, 15) is 4.79 Å². The molecule has 0 bridgehead atoms. The number of hydrogen-bond donors (Lipinski definition) is 0. The molecule has 0 aliphatic carbocycles. The van der Waals surface area contributed by atoms with Crippen molar-refractivity contribution in [3.8, 4) is 0 Å². The second kappa shape index (κ2) is 6.59. The highest BCUT2D eigenvalue weighted by Crippen LogP contribution is 2.31. The van der Waals surface area contributed by atoms with Crippen LogP contribution >= 0.6 is 11.6 Å². The van der Waals surface area contributed by atoms with Gasteiger partial charge in [0.15, 0.2) is 0 Å². The van der Waals surface area contributed by atoms with E-state index in [4.69, 9.17) is 16.1 Å². The summed E-state index contributed by atoms with van der Waals surface area (Å²) in [6.45, 7) is 7.13. The Morgan fingerprint density at radius 2 is 2.05 bits per heavy atom. The average Bonchev–Trinajstić information content (AvgIpc) is 3.21. The monoisotopic (exact) mass is 325 g/mol. The SMILES string of the molecule is CCN1CCCC1C1CCCN1C(=O)Cc1c(C)noc1Cl. The Kier molecular flexibility index (Phi) is 4.73. The number of rotatable bonds is 4. The average molecular weight is 326 g/mol. The summed E-state index contributed by atoms with van der Waals surface area (Å²) >= 11 is 6.00. The lowest BCUT2D eigenvalue weighted by atomic mass is 10.0. The maximum atomic E-state index is 12.8. The van der Waals surface area contributed by atoms with Crippen LogP contribution in [0.3, 0.4) is 0 Å². The quantitative estimate of drug-likeness (QED) is 0.854. The van der Waals surface area contributed by atoms with Gasteiger partial charge in [0.2, 0.25) is 11.1 Å². The van der Waals surface area contributed by atoms with E-state index in [1.165, 1.54) is 12.8 Å². The molecular formula is C16H24ClN3O2. The zero-order valence-corrected chi connectivity index (χ0v) is 14.1. The fourth-order valence-corrected chi connectivity index (χ4v) is 4.23. The van der Waals surface area contributed by atoms with Gasteiger partial charge in [0.25, 0.3) is 0 Å². The first-order valence-corrected chi connectivity index (χ1v) is 8.63. The van der Waals surface area contributed by atoms with Crippen LogP contribution in [0, 0.1) is 6.92 Å². The Hall–Kier alpha value is -1.07. The van der Waals surface area contributed by atoms with Crippen molar-refractivity contribution in [2.24, 2.45) is 0 Å². The molecule has 2 fully saturated rings. The van der Waals surface area contributed by atoms with Crippen molar-refractivity contribution >= 4 is 17.5 Å². The fourth-order valence-electron chi connectivity index (χ4n) is 3.99. The van der Waals surface area contributed by atoms with Crippen molar-refractivity contribution in [1.82, 2.24) is 15.0 Å². The largest absolute Gasteiger partial charge is 0.344 e. The van der Waals surface area contributed by atoms with Gasteiger partial charge in [-0.1, -0.05) is 12.1 Å². The Morgan fingerprint density at radius 3 is 2.73 bits per heavy atom. The number of aryl methyl sites for hydroxylation is 1. The number of likely N-dealkylation sites (N-methyl/N-ethyl adjacent to an activating group) is 1. The van der Waals surface area contributed by atoms with Gasteiger partial charge in [0, 0.05) is 24.2 Å². The molecule has 3 heterocycles. The lowest BCUT2D eigenvalue weighted by molar-refractivity contribution is -0.132. The van der Waals surface area contributed by atoms with Crippen molar-refractivity contribution in [2.45, 2.75) is 58.0 Å². The minimum Gasteiger partial charge on any atom is -0.344 e. The van der Waals surface area contributed by atoms with Crippen molar-refractivity contribution in [2.75, 3.05) is 19.6 Å². The van der Waals surface area contributed by atoms with Gasteiger partial charge in [-0.3, -0.25) is 9.69 Å². The predicted octanol–water partition coefficient (Wildman–Crippen LogP) is 2.65. The number of amides is 1. The maximum absolute atomic E-state index is 12.8. The molecule has 0 N–H and O–H groups in total. The number of carbonyl (C=O) groups excluding carboxylic acids is 1. The molecule has 0 spiro atoms. The van der Waals surface area contributed by atoms with Crippen LogP contribution in [-0.4, -0.2) is 52.6 Å². The second-order valence-electron chi connectivity index (χ2n) is 6.33. The smallest absolute Gasteiger partial charge is 0.229 e. The normalized spacial score (nSPS) is 26.0. The maximum Gasteiger partial charge on any atom is 0.229 e. The molecule has 3 rings (SSSR count). The molecule has 2 aliphatic rings. The van der Waals surface area contributed by atoms with Gasteiger partial charge in [-0.2, -0.15) is 0 Å². The van der Waals surface area contributed by atoms with E-state index in [1.807, 2.05) is 6.92 Å². The third-order valence-corrected chi connectivity index (χ3v) is 5.45. The molecule has 1 aromatic rings. The van der Waals surface area contributed by atoms with E-state index in [2.05, 4.69) is 21.9 Å². The van der Waals surface area contributed by atoms with Crippen LogP contribution in [0.5, 0.6) is 0 Å². The zero-order chi connectivity index (χ0) is 15.7. The van der Waals surface area contributed by atoms with E-state index in [0.29, 0.717) is 24.2 Å². The van der Waals surface area contributed by atoms with E-state index < -0.39 is 0 Å². The summed E-state index contributed by atoms with van der Waals surface area (Å²) in [6, 6.07) is 0.879. The summed E-state index contributed by atoms with van der Waals surface area (Å²) in [5.74, 6) is 0.152. The molecule has 2 aliphatic heterocycles. The number of halogens is 1. The second-order valence-corrected chi connectivity index (χ2v) is 6.68. The number of carbonyl (C=O) groups is 1. The van der Waals surface area contributed by atoms with Gasteiger partial charge in [-0.15, -0.1) is 0 Å². The highest BCUT2D eigenvalue weighted by Gasteiger charge is 2.39. The molecule has 0 radical (unpaired) electrons. The summed E-state index contributed by atoms with van der Waals surface area (Å²) < 4.78 is 4.96. The molecule has 0 saturated carbocycles. The van der Waals surface area contributed by atoms with Gasteiger partial charge < -0.3 is 9.42 Å². The summed E-state index contributed by atoms with van der Waals surface area (Å²) in [7, 11) is 0. The van der Waals surface area contributed by atoms with Gasteiger partial charge in [0.1, 0.15) is 0 Å². The summed E-state index contributed by atoms with van der Waals surface area (Å²) in [4.78, 5) is 17.4. The summed E-state index contributed by atoms with van der Waals surface area (Å²) in [5.41, 5.74) is 1.45. The predicted molar refractivity (Wildman–Crippen MR) is 85.0 cm³/mol. The van der Waals surface area contributed by atoms with Gasteiger partial charge in [-0.05, 0) is 57.3 Å². The number of likely N-dealkylation sites (tertiary alicyclic amines) is 2. The van der Waals surface area contributed by atoms with Crippen LogP contribution in [0.25, 0.3) is 0 Å². The Morgan fingerprint density at radius 1 is 1.32 bits per heavy atom. The lowest BCUT2D eigenvalue weighted by Gasteiger charge is -2.34. The van der Waals surface area contributed by atoms with Gasteiger partial charge in [-0.25, -0.2) is 0 Å². The number of nitrogens with zero attached hydrogens (tertiary/aromatic N) is 3. The van der Waals surface area contributed by atoms with Crippen LogP contribution < -0.4 is 0 Å². The van der Waals surface area contributed by atoms with Crippen molar-refractivity contribution in [3.63, 3.8) is 0 Å². The third-order valence-electron chi connectivity index (χ3n) is 5.15. The lowest BCUT2D eigenvalue weighted by Crippen LogP contribution is -2.48. The molecule has 0 aromatic carbocycles. The molecular weight excluding hydrogens is 302 g/mol. The first-order chi connectivity index (χ1) is 10.6. The van der Waals surface area contributed by atoms with Crippen molar-refractivity contribution in [3.05, 3.63) is 16.5 Å². The standard InChI is InChI=1S/C16H24ClN3O2/c1-3-19-8-4-6-13(19)14-7-5-9-20(14)15(21)10-12-11(2)18-22-16(12)17/h13-14H,3-10H2,1-2H3. The molecule has 2 saturated heterocycles. The molecule has 1 amide bonds. The third kappa shape index (κ3) is 2.88. The van der Waals surface area contributed by atoms with Gasteiger partial charge in [0.05, 0.1) is 12.1 Å². The van der Waals surface area contributed by atoms with Crippen molar-refractivity contribution in [1.29, 1.82) is 0 Å². The van der Waals surface area contributed by atoms with Crippen LogP contribution in [-0.2, 0) is 11.2 Å². The van der Waals surface area contributed by atoms with E-state index >= 15 is 0 Å². The zero-order valence-electron chi connectivity index (χ0n) is 13.3. The van der Waals surface area contributed by atoms with E-state index in [-0.39, 0.29) is 11.1 Å². The highest BCUT2D eigenvalue weighted by molar-refractivity contribution is 6.29. The van der Waals surface area contributed by atoms with Crippen LogP contribution in [0.4, 0.5) is 0 Å². The molecule has 6 heteroatoms. The molecule has 2 atom stereocenters. The molecule has 5 nitrogen and oxygen atoms in total. The Bertz CT molecular complexity index is 526. The Labute approximate surface area is 136 Å². The number of aromatic nitrogens is 1. The minimum atomic E-state index is 0.152. The molecule has 2 unspecified atom stereocenters.